The number of halogens is 1. The summed E-state index contributed by atoms with van der Waals surface area (Å²) in [6, 6.07) is 16.4. The number of aromatic nitrogens is 1. The molecule has 0 bridgehead atoms. The van der Waals surface area contributed by atoms with Crippen LogP contribution in [0.1, 0.15) is 16.5 Å². The SMILES string of the molecule is O=C(Cc1c[nH]c2ccccc12)N1CCSC1c1ccc(Br)cc1. The van der Waals surface area contributed by atoms with Crippen molar-refractivity contribution in [2.75, 3.05) is 12.3 Å². The Morgan fingerprint density at radius 3 is 2.83 bits per heavy atom. The predicted octanol–water partition coefficient (Wildman–Crippen LogP) is 4.75. The van der Waals surface area contributed by atoms with Gasteiger partial charge in [0.15, 0.2) is 0 Å². The van der Waals surface area contributed by atoms with E-state index in [1.807, 2.05) is 53.2 Å². The number of benzene rings is 2. The molecule has 3 aromatic rings. The van der Waals surface area contributed by atoms with Crippen molar-refractivity contribution in [2.45, 2.75) is 11.8 Å². The highest BCUT2D eigenvalue weighted by molar-refractivity contribution is 9.10. The molecule has 5 heteroatoms. The van der Waals surface area contributed by atoms with Gasteiger partial charge in [0.1, 0.15) is 5.37 Å². The Morgan fingerprint density at radius 1 is 1.21 bits per heavy atom. The zero-order valence-corrected chi connectivity index (χ0v) is 15.4. The van der Waals surface area contributed by atoms with E-state index in [1.165, 1.54) is 5.56 Å². The van der Waals surface area contributed by atoms with Crippen molar-refractivity contribution in [3.63, 3.8) is 0 Å². The number of thioether (sulfide) groups is 1. The summed E-state index contributed by atoms with van der Waals surface area (Å²) >= 11 is 5.31. The molecule has 3 nitrogen and oxygen atoms in total. The van der Waals surface area contributed by atoms with Crippen molar-refractivity contribution >= 4 is 44.5 Å². The van der Waals surface area contributed by atoms with Gasteiger partial charge in [0, 0.05) is 33.9 Å². The van der Waals surface area contributed by atoms with Crippen LogP contribution in [0, 0.1) is 0 Å². The van der Waals surface area contributed by atoms with Gasteiger partial charge in [0.05, 0.1) is 6.42 Å². The molecule has 2 aromatic carbocycles. The van der Waals surface area contributed by atoms with Gasteiger partial charge in [0.2, 0.25) is 5.91 Å². The summed E-state index contributed by atoms with van der Waals surface area (Å²) in [6.45, 7) is 0.812. The first-order chi connectivity index (χ1) is 11.7. The number of nitrogens with zero attached hydrogens (tertiary/aromatic N) is 1. The zero-order chi connectivity index (χ0) is 16.5. The van der Waals surface area contributed by atoms with Gasteiger partial charge in [-0.25, -0.2) is 0 Å². The number of nitrogens with one attached hydrogen (secondary N) is 1. The highest BCUT2D eigenvalue weighted by Crippen LogP contribution is 2.38. The van der Waals surface area contributed by atoms with E-state index in [2.05, 4.69) is 39.1 Å². The number of aromatic amines is 1. The minimum atomic E-state index is 0.121. The van der Waals surface area contributed by atoms with Gasteiger partial charge in [0.25, 0.3) is 0 Å². The second-order valence-corrected chi connectivity index (χ2v) is 8.00. The molecule has 2 heterocycles. The van der Waals surface area contributed by atoms with Gasteiger partial charge in [-0.2, -0.15) is 0 Å². The van der Waals surface area contributed by atoms with Crippen LogP contribution in [0.15, 0.2) is 59.2 Å². The van der Waals surface area contributed by atoms with Crippen LogP contribution in [0.3, 0.4) is 0 Å². The monoisotopic (exact) mass is 400 g/mol. The van der Waals surface area contributed by atoms with Gasteiger partial charge >= 0.3 is 0 Å². The zero-order valence-electron chi connectivity index (χ0n) is 13.0. The lowest BCUT2D eigenvalue weighted by molar-refractivity contribution is -0.130. The number of H-pyrrole nitrogens is 1. The fourth-order valence-corrected chi connectivity index (χ4v) is 4.71. The molecule has 0 saturated carbocycles. The maximum Gasteiger partial charge on any atom is 0.228 e. The average molecular weight is 401 g/mol. The molecule has 0 aliphatic carbocycles. The molecule has 1 unspecified atom stereocenters. The molecule has 1 aliphatic heterocycles. The molecule has 1 atom stereocenters. The van der Waals surface area contributed by atoms with Crippen LogP contribution in [-0.4, -0.2) is 28.1 Å². The summed E-state index contributed by atoms with van der Waals surface area (Å²) in [5.74, 6) is 1.18. The first-order valence-electron chi connectivity index (χ1n) is 7.94. The fourth-order valence-electron chi connectivity index (χ4n) is 3.17. The molecule has 1 N–H and O–H groups in total. The molecule has 1 fully saturated rings. The summed E-state index contributed by atoms with van der Waals surface area (Å²) in [5.41, 5.74) is 3.34. The third kappa shape index (κ3) is 2.98. The highest BCUT2D eigenvalue weighted by atomic mass is 79.9. The smallest absolute Gasteiger partial charge is 0.228 e. The maximum atomic E-state index is 12.9. The Balaban J connectivity index is 1.56. The summed E-state index contributed by atoms with van der Waals surface area (Å²) in [6.07, 6.45) is 2.40. The maximum absolute atomic E-state index is 12.9. The van der Waals surface area contributed by atoms with Gasteiger partial charge in [-0.3, -0.25) is 4.79 Å². The van der Waals surface area contributed by atoms with Crippen molar-refractivity contribution in [3.05, 3.63) is 70.3 Å². The Bertz CT molecular complexity index is 874. The number of carbonyl (C=O) groups excluding carboxylic acids is 1. The standard InChI is InChI=1S/C19H17BrN2OS/c20-15-7-5-13(6-8-15)19-22(9-10-24-19)18(23)11-14-12-21-17-4-2-1-3-16(14)17/h1-8,12,19,21H,9-11H2. The van der Waals surface area contributed by atoms with Crippen molar-refractivity contribution in [1.29, 1.82) is 0 Å². The molecule has 1 aliphatic rings. The number of fused-ring (bicyclic) bond motifs is 1. The summed E-state index contributed by atoms with van der Waals surface area (Å²) in [5, 5.41) is 1.26. The van der Waals surface area contributed by atoms with Crippen LogP contribution in [0.25, 0.3) is 10.9 Å². The van der Waals surface area contributed by atoms with Crippen LogP contribution >= 0.6 is 27.7 Å². The largest absolute Gasteiger partial charge is 0.361 e. The minimum Gasteiger partial charge on any atom is -0.361 e. The van der Waals surface area contributed by atoms with E-state index in [0.717, 1.165) is 33.2 Å². The molecular weight excluding hydrogens is 384 g/mol. The minimum absolute atomic E-state index is 0.121. The van der Waals surface area contributed by atoms with Crippen LogP contribution in [0.4, 0.5) is 0 Å². The lowest BCUT2D eigenvalue weighted by Crippen LogP contribution is -2.31. The molecule has 0 spiro atoms. The Labute approximate surface area is 153 Å². The van der Waals surface area contributed by atoms with E-state index in [4.69, 9.17) is 0 Å². The lowest BCUT2D eigenvalue weighted by atomic mass is 10.1. The van der Waals surface area contributed by atoms with E-state index in [1.54, 1.807) is 0 Å². The Morgan fingerprint density at radius 2 is 2.00 bits per heavy atom. The van der Waals surface area contributed by atoms with Gasteiger partial charge in [-0.15, -0.1) is 11.8 Å². The first-order valence-corrected chi connectivity index (χ1v) is 9.78. The third-order valence-electron chi connectivity index (χ3n) is 4.38. The van der Waals surface area contributed by atoms with Crippen LogP contribution in [-0.2, 0) is 11.2 Å². The molecule has 1 aromatic heterocycles. The molecular formula is C19H17BrN2OS. The summed E-state index contributed by atoms with van der Waals surface area (Å²) < 4.78 is 1.06. The normalized spacial score (nSPS) is 17.5. The lowest BCUT2D eigenvalue weighted by Gasteiger charge is -2.24. The number of amides is 1. The quantitative estimate of drug-likeness (QED) is 0.688. The molecule has 122 valence electrons. The third-order valence-corrected chi connectivity index (χ3v) is 6.17. The van der Waals surface area contributed by atoms with E-state index in [9.17, 15) is 4.79 Å². The van der Waals surface area contributed by atoms with Crippen molar-refractivity contribution in [2.24, 2.45) is 0 Å². The van der Waals surface area contributed by atoms with Gasteiger partial charge in [-0.05, 0) is 29.3 Å². The van der Waals surface area contributed by atoms with E-state index < -0.39 is 0 Å². The van der Waals surface area contributed by atoms with Crippen LogP contribution in [0.2, 0.25) is 0 Å². The fraction of sp³-hybridized carbons (Fsp3) is 0.211. The molecule has 0 radical (unpaired) electrons. The molecule has 24 heavy (non-hydrogen) atoms. The molecule has 1 saturated heterocycles. The number of carbonyl (C=O) groups is 1. The van der Waals surface area contributed by atoms with E-state index in [0.29, 0.717) is 6.42 Å². The number of rotatable bonds is 3. The van der Waals surface area contributed by atoms with E-state index >= 15 is 0 Å². The second-order valence-electron chi connectivity index (χ2n) is 5.90. The van der Waals surface area contributed by atoms with Gasteiger partial charge < -0.3 is 9.88 Å². The molecule has 1 amide bonds. The summed E-state index contributed by atoms with van der Waals surface area (Å²) in [4.78, 5) is 18.2. The number of para-hydroxylation sites is 1. The topological polar surface area (TPSA) is 36.1 Å². The Hall–Kier alpha value is -1.72. The second kappa shape index (κ2) is 6.65. The molecule has 4 rings (SSSR count). The van der Waals surface area contributed by atoms with Crippen LogP contribution in [0.5, 0.6) is 0 Å². The Kier molecular flexibility index (Phi) is 4.37. The highest BCUT2D eigenvalue weighted by Gasteiger charge is 2.30. The van der Waals surface area contributed by atoms with E-state index in [-0.39, 0.29) is 11.3 Å². The number of hydrogen-bond donors (Lipinski definition) is 1. The van der Waals surface area contributed by atoms with Crippen molar-refractivity contribution in [3.8, 4) is 0 Å². The predicted molar refractivity (Wildman–Crippen MR) is 103 cm³/mol. The average Bonchev–Trinajstić information content (AvgIpc) is 3.23. The summed E-state index contributed by atoms with van der Waals surface area (Å²) in [7, 11) is 0. The van der Waals surface area contributed by atoms with Crippen molar-refractivity contribution in [1.82, 2.24) is 9.88 Å². The van der Waals surface area contributed by atoms with Crippen molar-refractivity contribution < 1.29 is 4.79 Å². The van der Waals surface area contributed by atoms with Crippen LogP contribution < -0.4 is 0 Å². The van der Waals surface area contributed by atoms with Gasteiger partial charge in [-0.1, -0.05) is 46.3 Å². The number of hydrogen-bond acceptors (Lipinski definition) is 2. The first kappa shape index (κ1) is 15.8.